The Balaban J connectivity index is 3.18. The lowest BCUT2D eigenvalue weighted by Crippen LogP contribution is -2.45. The fraction of sp³-hybridized carbons (Fsp3) is 0.500. The number of nitrogens with two attached hydrogens (primary N) is 1. The van der Waals surface area contributed by atoms with Crippen molar-refractivity contribution < 1.29 is 0 Å². The zero-order valence-electron chi connectivity index (χ0n) is 9.76. The fourth-order valence-corrected chi connectivity index (χ4v) is 2.23. The molecular formula is C12H19BrN2. The second-order valence-corrected chi connectivity index (χ2v) is 5.46. The second-order valence-electron chi connectivity index (χ2n) is 4.54. The van der Waals surface area contributed by atoms with Gasteiger partial charge >= 0.3 is 0 Å². The smallest absolute Gasteiger partial charge is 0.0498 e. The third-order valence-electron chi connectivity index (χ3n) is 2.58. The van der Waals surface area contributed by atoms with Gasteiger partial charge in [-0.1, -0.05) is 22.0 Å². The van der Waals surface area contributed by atoms with Gasteiger partial charge in [-0.3, -0.25) is 0 Å². The van der Waals surface area contributed by atoms with Crippen molar-refractivity contribution in [3.63, 3.8) is 0 Å². The van der Waals surface area contributed by atoms with Crippen LogP contribution < -0.4 is 11.1 Å². The number of hydrogen-bond acceptors (Lipinski definition) is 2. The first-order valence-corrected chi connectivity index (χ1v) is 5.87. The molecule has 0 saturated heterocycles. The molecule has 1 rings (SSSR count). The Bertz CT molecular complexity index is 342. The predicted octanol–water partition coefficient (Wildman–Crippen LogP) is 2.76. The first-order valence-electron chi connectivity index (χ1n) is 5.08. The van der Waals surface area contributed by atoms with E-state index in [1.54, 1.807) is 0 Å². The maximum atomic E-state index is 6.16. The summed E-state index contributed by atoms with van der Waals surface area (Å²) >= 11 is 3.49. The van der Waals surface area contributed by atoms with E-state index in [2.05, 4.69) is 46.4 Å². The summed E-state index contributed by atoms with van der Waals surface area (Å²) in [6.07, 6.45) is 0. The lowest BCUT2D eigenvalue weighted by Gasteiger charge is -2.31. The minimum Gasteiger partial charge on any atom is -0.324 e. The van der Waals surface area contributed by atoms with E-state index in [0.717, 1.165) is 4.47 Å². The van der Waals surface area contributed by atoms with Crippen LogP contribution >= 0.6 is 15.9 Å². The Labute approximate surface area is 100 Å². The summed E-state index contributed by atoms with van der Waals surface area (Å²) in [5.74, 6) is 0. The Hall–Kier alpha value is -0.380. The molecule has 1 unspecified atom stereocenters. The van der Waals surface area contributed by atoms with Crippen molar-refractivity contribution in [3.05, 3.63) is 33.8 Å². The molecule has 0 amide bonds. The van der Waals surface area contributed by atoms with Crippen molar-refractivity contribution in [2.24, 2.45) is 5.73 Å². The molecule has 0 aliphatic rings. The highest BCUT2D eigenvalue weighted by Gasteiger charge is 2.26. The third-order valence-corrected chi connectivity index (χ3v) is 3.08. The molecule has 1 aromatic carbocycles. The molecule has 15 heavy (non-hydrogen) atoms. The first-order chi connectivity index (χ1) is 6.86. The second kappa shape index (κ2) is 4.64. The molecule has 0 aromatic heterocycles. The van der Waals surface area contributed by atoms with Gasteiger partial charge in [0.1, 0.15) is 0 Å². The largest absolute Gasteiger partial charge is 0.324 e. The highest BCUT2D eigenvalue weighted by molar-refractivity contribution is 9.10. The summed E-state index contributed by atoms with van der Waals surface area (Å²) in [4.78, 5) is 0. The van der Waals surface area contributed by atoms with E-state index in [0.29, 0.717) is 0 Å². The SMILES string of the molecule is CNC(c1cc(Br)ccc1C)C(C)(C)N. The van der Waals surface area contributed by atoms with E-state index in [1.165, 1.54) is 11.1 Å². The zero-order valence-corrected chi connectivity index (χ0v) is 11.4. The molecule has 0 spiro atoms. The van der Waals surface area contributed by atoms with Gasteiger partial charge in [-0.25, -0.2) is 0 Å². The number of halogens is 1. The normalized spacial score (nSPS) is 14.0. The van der Waals surface area contributed by atoms with Gasteiger partial charge in [-0.2, -0.15) is 0 Å². The van der Waals surface area contributed by atoms with E-state index in [1.807, 2.05) is 20.9 Å². The van der Waals surface area contributed by atoms with Crippen molar-refractivity contribution >= 4 is 15.9 Å². The van der Waals surface area contributed by atoms with Gasteiger partial charge in [-0.15, -0.1) is 0 Å². The molecular weight excluding hydrogens is 252 g/mol. The van der Waals surface area contributed by atoms with Gasteiger partial charge in [0.05, 0.1) is 0 Å². The fourth-order valence-electron chi connectivity index (χ4n) is 1.85. The van der Waals surface area contributed by atoms with Crippen LogP contribution in [0.3, 0.4) is 0 Å². The van der Waals surface area contributed by atoms with Crippen LogP contribution in [0.1, 0.15) is 31.0 Å². The summed E-state index contributed by atoms with van der Waals surface area (Å²) in [5, 5.41) is 3.28. The summed E-state index contributed by atoms with van der Waals surface area (Å²) < 4.78 is 1.09. The van der Waals surface area contributed by atoms with Crippen LogP contribution in [-0.2, 0) is 0 Å². The maximum Gasteiger partial charge on any atom is 0.0498 e. The molecule has 84 valence electrons. The lowest BCUT2D eigenvalue weighted by molar-refractivity contribution is 0.369. The maximum absolute atomic E-state index is 6.16. The van der Waals surface area contributed by atoms with Crippen LogP contribution in [0, 0.1) is 6.92 Å². The number of nitrogens with one attached hydrogen (secondary N) is 1. The molecule has 0 aliphatic carbocycles. The predicted molar refractivity (Wildman–Crippen MR) is 68.9 cm³/mol. The van der Waals surface area contributed by atoms with Crippen LogP contribution in [0.4, 0.5) is 0 Å². The molecule has 0 fully saturated rings. The molecule has 0 heterocycles. The quantitative estimate of drug-likeness (QED) is 0.887. The van der Waals surface area contributed by atoms with Crippen LogP contribution in [0.5, 0.6) is 0 Å². The molecule has 2 nitrogen and oxygen atoms in total. The van der Waals surface area contributed by atoms with Gasteiger partial charge in [0.25, 0.3) is 0 Å². The van der Waals surface area contributed by atoms with Gasteiger partial charge < -0.3 is 11.1 Å². The molecule has 0 radical (unpaired) electrons. The number of aryl methyl sites for hydroxylation is 1. The van der Waals surface area contributed by atoms with Crippen molar-refractivity contribution in [2.45, 2.75) is 32.4 Å². The number of rotatable bonds is 3. The Morgan fingerprint density at radius 1 is 1.40 bits per heavy atom. The molecule has 1 atom stereocenters. The molecule has 1 aromatic rings. The van der Waals surface area contributed by atoms with E-state index >= 15 is 0 Å². The van der Waals surface area contributed by atoms with E-state index < -0.39 is 0 Å². The zero-order chi connectivity index (χ0) is 11.6. The minimum atomic E-state index is -0.277. The van der Waals surface area contributed by atoms with Crippen LogP contribution in [-0.4, -0.2) is 12.6 Å². The Kier molecular flexibility index (Phi) is 3.93. The van der Waals surface area contributed by atoms with Crippen molar-refractivity contribution in [1.29, 1.82) is 0 Å². The van der Waals surface area contributed by atoms with Gasteiger partial charge in [-0.05, 0) is 51.1 Å². The highest BCUT2D eigenvalue weighted by Crippen LogP contribution is 2.28. The Morgan fingerprint density at radius 3 is 2.47 bits per heavy atom. The minimum absolute atomic E-state index is 0.162. The van der Waals surface area contributed by atoms with E-state index in [4.69, 9.17) is 5.73 Å². The summed E-state index contributed by atoms with van der Waals surface area (Å²) in [7, 11) is 1.94. The van der Waals surface area contributed by atoms with E-state index in [9.17, 15) is 0 Å². The number of hydrogen-bond donors (Lipinski definition) is 2. The summed E-state index contributed by atoms with van der Waals surface area (Å²) in [5.41, 5.74) is 8.40. The number of likely N-dealkylation sites (N-methyl/N-ethyl adjacent to an activating group) is 1. The van der Waals surface area contributed by atoms with Crippen LogP contribution in [0.2, 0.25) is 0 Å². The highest BCUT2D eigenvalue weighted by atomic mass is 79.9. The van der Waals surface area contributed by atoms with Gasteiger partial charge in [0.2, 0.25) is 0 Å². The average molecular weight is 271 g/mol. The summed E-state index contributed by atoms with van der Waals surface area (Å²) in [6, 6.07) is 6.45. The molecule has 3 N–H and O–H groups in total. The first kappa shape index (κ1) is 12.7. The Morgan fingerprint density at radius 2 is 2.00 bits per heavy atom. The van der Waals surface area contributed by atoms with Gasteiger partial charge in [0, 0.05) is 16.1 Å². The topological polar surface area (TPSA) is 38.0 Å². The monoisotopic (exact) mass is 270 g/mol. The van der Waals surface area contributed by atoms with Crippen molar-refractivity contribution in [2.75, 3.05) is 7.05 Å². The van der Waals surface area contributed by atoms with Crippen molar-refractivity contribution in [3.8, 4) is 0 Å². The average Bonchev–Trinajstić information content (AvgIpc) is 2.10. The van der Waals surface area contributed by atoms with Crippen LogP contribution in [0.25, 0.3) is 0 Å². The van der Waals surface area contributed by atoms with Gasteiger partial charge in [0.15, 0.2) is 0 Å². The van der Waals surface area contributed by atoms with E-state index in [-0.39, 0.29) is 11.6 Å². The molecule has 3 heteroatoms. The van der Waals surface area contributed by atoms with Crippen molar-refractivity contribution in [1.82, 2.24) is 5.32 Å². The standard InChI is InChI=1S/C12H19BrN2/c1-8-5-6-9(13)7-10(8)11(15-4)12(2,3)14/h5-7,11,15H,14H2,1-4H3. The van der Waals surface area contributed by atoms with Crippen LogP contribution in [0.15, 0.2) is 22.7 Å². The lowest BCUT2D eigenvalue weighted by atomic mass is 9.87. The molecule has 0 saturated carbocycles. The molecule has 0 aliphatic heterocycles. The third kappa shape index (κ3) is 3.03. The molecule has 0 bridgehead atoms. The number of benzene rings is 1. The summed E-state index contributed by atoms with van der Waals surface area (Å²) in [6.45, 7) is 6.18.